The van der Waals surface area contributed by atoms with Crippen molar-refractivity contribution in [2.24, 2.45) is 0 Å². The molecule has 2 aromatic carbocycles. The molecule has 0 fully saturated rings. The van der Waals surface area contributed by atoms with Crippen molar-refractivity contribution in [3.8, 4) is 0 Å². The minimum absolute atomic E-state index is 0.00572. The molecule has 0 aliphatic carbocycles. The lowest BCUT2D eigenvalue weighted by Crippen LogP contribution is -2.11. The average Bonchev–Trinajstić information content (AvgIpc) is 2.86. The van der Waals surface area contributed by atoms with Crippen LogP contribution in [0.3, 0.4) is 0 Å². The zero-order valence-corrected chi connectivity index (χ0v) is 14.4. The highest BCUT2D eigenvalue weighted by Gasteiger charge is 2.14. The summed E-state index contributed by atoms with van der Waals surface area (Å²) in [6.07, 6.45) is 1.02. The van der Waals surface area contributed by atoms with E-state index >= 15 is 0 Å². The highest BCUT2D eigenvalue weighted by molar-refractivity contribution is 7.85. The van der Waals surface area contributed by atoms with Gasteiger partial charge in [0.15, 0.2) is 5.43 Å². The van der Waals surface area contributed by atoms with E-state index in [-0.39, 0.29) is 12.0 Å². The van der Waals surface area contributed by atoms with Gasteiger partial charge < -0.3 is 0 Å². The van der Waals surface area contributed by atoms with Crippen LogP contribution in [0.1, 0.15) is 0 Å². The maximum atomic E-state index is 12.0. The molecule has 0 spiro atoms. The Morgan fingerprint density at radius 2 is 2.00 bits per heavy atom. The molecule has 0 saturated carbocycles. The molecule has 6 nitrogen and oxygen atoms in total. The molecule has 0 saturated heterocycles. The Kier molecular flexibility index (Phi) is 3.48. The van der Waals surface area contributed by atoms with E-state index in [1.54, 1.807) is 28.2 Å². The number of rotatable bonds is 4. The van der Waals surface area contributed by atoms with Crippen LogP contribution in [0.5, 0.6) is 0 Å². The van der Waals surface area contributed by atoms with Gasteiger partial charge in [0.25, 0.3) is 10.1 Å². The van der Waals surface area contributed by atoms with E-state index < -0.39 is 10.1 Å². The van der Waals surface area contributed by atoms with Crippen molar-refractivity contribution in [1.82, 2.24) is 9.78 Å². The SMILES string of the molecule is CS(=O)(=O)OCCn1[nH]c2c3ccccc3sc3cc(=O)cc1c32. The largest absolute Gasteiger partial charge is 0.297 e. The Labute approximate surface area is 141 Å². The number of benzene rings is 2. The topological polar surface area (TPSA) is 81.2 Å². The minimum atomic E-state index is -3.49. The van der Waals surface area contributed by atoms with Gasteiger partial charge in [0, 0.05) is 32.3 Å². The van der Waals surface area contributed by atoms with Crippen molar-refractivity contribution < 1.29 is 12.6 Å². The van der Waals surface area contributed by atoms with Crippen molar-refractivity contribution >= 4 is 52.7 Å². The first kappa shape index (κ1) is 15.4. The van der Waals surface area contributed by atoms with E-state index in [9.17, 15) is 13.2 Å². The molecule has 2 heterocycles. The van der Waals surface area contributed by atoms with E-state index in [1.165, 1.54) is 0 Å². The summed E-state index contributed by atoms with van der Waals surface area (Å²) < 4.78 is 30.8. The van der Waals surface area contributed by atoms with Gasteiger partial charge in [-0.05, 0) is 6.07 Å². The molecule has 0 unspecified atom stereocenters. The van der Waals surface area contributed by atoms with Crippen molar-refractivity contribution in [3.05, 3.63) is 46.6 Å². The van der Waals surface area contributed by atoms with Crippen LogP contribution in [0, 0.1) is 0 Å². The molecule has 4 rings (SSSR count). The lowest BCUT2D eigenvalue weighted by molar-refractivity contribution is 0.300. The summed E-state index contributed by atoms with van der Waals surface area (Å²) in [5.41, 5.74) is 1.62. The summed E-state index contributed by atoms with van der Waals surface area (Å²) in [6.45, 7) is 0.311. The van der Waals surface area contributed by atoms with Crippen LogP contribution in [0.25, 0.3) is 31.2 Å². The lowest BCUT2D eigenvalue weighted by atomic mass is 10.1. The Hall–Kier alpha value is -2.16. The van der Waals surface area contributed by atoms with Crippen LogP contribution in [-0.4, -0.2) is 31.1 Å². The standard InChI is InChI=1S/C16H14N2O4S2/c1-24(20,21)22-7-6-18-12-8-10(19)9-14-15(12)16(17-18)11-4-2-3-5-13(11)23-14/h2-5,8-9,17H,6-7H2,1H3. The quantitative estimate of drug-likeness (QED) is 0.447. The van der Waals surface area contributed by atoms with Crippen LogP contribution < -0.4 is 5.43 Å². The number of fused-ring (bicyclic) bond motifs is 2. The molecular weight excluding hydrogens is 348 g/mol. The van der Waals surface area contributed by atoms with Crippen LogP contribution in [-0.2, 0) is 20.8 Å². The highest BCUT2D eigenvalue weighted by Crippen LogP contribution is 2.35. The Bertz CT molecular complexity index is 1230. The molecular formula is C16H14N2O4S2. The number of nitrogens with one attached hydrogen (secondary N) is 1. The molecule has 4 aromatic rings. The second-order valence-electron chi connectivity index (χ2n) is 5.58. The Morgan fingerprint density at radius 1 is 1.21 bits per heavy atom. The third kappa shape index (κ3) is 2.62. The van der Waals surface area contributed by atoms with Gasteiger partial charge in [0.1, 0.15) is 0 Å². The van der Waals surface area contributed by atoms with Crippen molar-refractivity contribution in [2.45, 2.75) is 6.54 Å². The van der Waals surface area contributed by atoms with E-state index in [4.69, 9.17) is 4.18 Å². The van der Waals surface area contributed by atoms with Crippen molar-refractivity contribution in [2.75, 3.05) is 12.9 Å². The number of aromatic nitrogens is 2. The molecule has 2 aromatic heterocycles. The van der Waals surface area contributed by atoms with Gasteiger partial charge in [0.05, 0.1) is 30.4 Å². The first-order valence-corrected chi connectivity index (χ1v) is 9.94. The lowest BCUT2D eigenvalue weighted by Gasteiger charge is -2.04. The second kappa shape index (κ2) is 5.44. The first-order valence-electron chi connectivity index (χ1n) is 7.30. The van der Waals surface area contributed by atoms with Crippen LogP contribution in [0.4, 0.5) is 0 Å². The van der Waals surface area contributed by atoms with Gasteiger partial charge in [-0.1, -0.05) is 18.2 Å². The van der Waals surface area contributed by atoms with Gasteiger partial charge in [-0.3, -0.25) is 18.8 Å². The number of H-pyrrole nitrogens is 1. The van der Waals surface area contributed by atoms with Crippen LogP contribution >= 0.6 is 11.3 Å². The fourth-order valence-electron chi connectivity index (χ4n) is 2.90. The van der Waals surface area contributed by atoms with Crippen LogP contribution in [0.15, 0.2) is 41.2 Å². The van der Waals surface area contributed by atoms with Gasteiger partial charge in [-0.2, -0.15) is 8.42 Å². The predicted octanol–water partition coefficient (Wildman–Crippen LogP) is 2.67. The fourth-order valence-corrected chi connectivity index (χ4v) is 4.43. The van der Waals surface area contributed by atoms with Gasteiger partial charge in [-0.15, -0.1) is 11.3 Å². The summed E-state index contributed by atoms with van der Waals surface area (Å²) >= 11 is 1.57. The van der Waals surface area contributed by atoms with Crippen molar-refractivity contribution in [3.63, 3.8) is 0 Å². The molecule has 0 radical (unpaired) electrons. The molecule has 24 heavy (non-hydrogen) atoms. The summed E-state index contributed by atoms with van der Waals surface area (Å²) in [6, 6.07) is 11.2. The molecule has 0 amide bonds. The van der Waals surface area contributed by atoms with Gasteiger partial charge in [0.2, 0.25) is 0 Å². The molecule has 0 atom stereocenters. The highest BCUT2D eigenvalue weighted by atomic mass is 32.2. The number of hydrogen-bond acceptors (Lipinski definition) is 5. The molecule has 0 aliphatic rings. The molecule has 8 heteroatoms. The zero-order chi connectivity index (χ0) is 16.9. The summed E-state index contributed by atoms with van der Waals surface area (Å²) in [7, 11) is -3.49. The first-order chi connectivity index (χ1) is 11.4. The normalized spacial score (nSPS) is 12.5. The van der Waals surface area contributed by atoms with Crippen molar-refractivity contribution in [1.29, 1.82) is 0 Å². The number of hydrogen-bond donors (Lipinski definition) is 1. The minimum Gasteiger partial charge on any atom is -0.297 e. The van der Waals surface area contributed by atoms with Crippen LogP contribution in [0.2, 0.25) is 0 Å². The Balaban J connectivity index is 1.95. The monoisotopic (exact) mass is 362 g/mol. The summed E-state index contributed by atoms with van der Waals surface area (Å²) in [5.74, 6) is 0. The number of nitrogens with zero attached hydrogens (tertiary/aromatic N) is 1. The molecule has 1 N–H and O–H groups in total. The van der Waals surface area contributed by atoms with Gasteiger partial charge in [-0.25, -0.2) is 0 Å². The molecule has 0 bridgehead atoms. The number of aromatic amines is 1. The van der Waals surface area contributed by atoms with E-state index in [0.717, 1.165) is 37.5 Å². The van der Waals surface area contributed by atoms with E-state index in [1.807, 2.05) is 24.3 Å². The molecule has 0 aliphatic heterocycles. The van der Waals surface area contributed by atoms with E-state index in [0.29, 0.717) is 6.54 Å². The Morgan fingerprint density at radius 3 is 2.79 bits per heavy atom. The zero-order valence-electron chi connectivity index (χ0n) is 12.8. The average molecular weight is 362 g/mol. The fraction of sp³-hybridized carbons (Fsp3) is 0.188. The second-order valence-corrected chi connectivity index (χ2v) is 8.31. The smallest absolute Gasteiger partial charge is 0.264 e. The third-order valence-corrected chi connectivity index (χ3v) is 5.54. The maximum absolute atomic E-state index is 12.0. The summed E-state index contributed by atoms with van der Waals surface area (Å²) in [4.78, 5) is 12.0. The third-order valence-electron chi connectivity index (χ3n) is 3.83. The predicted molar refractivity (Wildman–Crippen MR) is 96.2 cm³/mol. The van der Waals surface area contributed by atoms with Gasteiger partial charge >= 0.3 is 0 Å². The van der Waals surface area contributed by atoms with E-state index in [2.05, 4.69) is 5.10 Å². The summed E-state index contributed by atoms with van der Waals surface area (Å²) in [5, 5.41) is 5.35. The molecule has 124 valence electrons. The maximum Gasteiger partial charge on any atom is 0.264 e.